The van der Waals surface area contributed by atoms with Crippen molar-refractivity contribution in [1.29, 1.82) is 0 Å². The first-order valence-electron chi connectivity index (χ1n) is 9.13. The van der Waals surface area contributed by atoms with Crippen LogP contribution in [0.5, 0.6) is 0 Å². The molecule has 0 fully saturated rings. The SMILES string of the molecule is CC(C)CCNC(CCc1ccccc1)C(=O)OCc1ccccc1. The summed E-state index contributed by atoms with van der Waals surface area (Å²) in [6, 6.07) is 19.8. The topological polar surface area (TPSA) is 38.3 Å². The maximum absolute atomic E-state index is 12.5. The Bertz CT molecular complexity index is 610. The number of hydrogen-bond donors (Lipinski definition) is 1. The highest BCUT2D eigenvalue weighted by Crippen LogP contribution is 2.09. The third-order valence-corrected chi connectivity index (χ3v) is 4.19. The number of rotatable bonds is 10. The van der Waals surface area contributed by atoms with Gasteiger partial charge in [-0.15, -0.1) is 0 Å². The van der Waals surface area contributed by atoms with Gasteiger partial charge >= 0.3 is 5.97 Å². The summed E-state index contributed by atoms with van der Waals surface area (Å²) in [5, 5.41) is 3.38. The van der Waals surface area contributed by atoms with Gasteiger partial charge in [-0.2, -0.15) is 0 Å². The summed E-state index contributed by atoms with van der Waals surface area (Å²) < 4.78 is 5.53. The Labute approximate surface area is 151 Å². The highest BCUT2D eigenvalue weighted by Gasteiger charge is 2.19. The summed E-state index contributed by atoms with van der Waals surface area (Å²) in [6.07, 6.45) is 2.66. The fourth-order valence-electron chi connectivity index (χ4n) is 2.63. The normalized spacial score (nSPS) is 12.1. The average Bonchev–Trinajstić information content (AvgIpc) is 2.64. The molecule has 0 radical (unpaired) electrons. The van der Waals surface area contributed by atoms with Crippen molar-refractivity contribution in [2.75, 3.05) is 6.54 Å². The third kappa shape index (κ3) is 7.53. The lowest BCUT2D eigenvalue weighted by Crippen LogP contribution is -2.39. The number of benzene rings is 2. The van der Waals surface area contributed by atoms with E-state index in [2.05, 4.69) is 31.3 Å². The number of carbonyl (C=O) groups excluding carboxylic acids is 1. The summed E-state index contributed by atoms with van der Waals surface area (Å²) in [5.41, 5.74) is 2.26. The Morgan fingerprint density at radius 3 is 2.12 bits per heavy atom. The second-order valence-electron chi connectivity index (χ2n) is 6.81. The van der Waals surface area contributed by atoms with E-state index in [9.17, 15) is 4.79 Å². The summed E-state index contributed by atoms with van der Waals surface area (Å²) in [6.45, 7) is 5.54. The van der Waals surface area contributed by atoms with E-state index in [1.807, 2.05) is 48.5 Å². The van der Waals surface area contributed by atoms with Crippen LogP contribution in [0.4, 0.5) is 0 Å². The molecule has 0 aliphatic heterocycles. The van der Waals surface area contributed by atoms with Crippen molar-refractivity contribution < 1.29 is 9.53 Å². The zero-order chi connectivity index (χ0) is 17.9. The molecule has 3 heteroatoms. The molecule has 0 spiro atoms. The van der Waals surface area contributed by atoms with Crippen LogP contribution in [0.1, 0.15) is 37.8 Å². The van der Waals surface area contributed by atoms with E-state index in [-0.39, 0.29) is 12.0 Å². The lowest BCUT2D eigenvalue weighted by molar-refractivity contribution is -0.147. The molecule has 0 saturated carbocycles. The van der Waals surface area contributed by atoms with Crippen LogP contribution in [0.2, 0.25) is 0 Å². The highest BCUT2D eigenvalue weighted by molar-refractivity contribution is 5.75. The van der Waals surface area contributed by atoms with Gasteiger partial charge < -0.3 is 10.1 Å². The molecule has 0 bridgehead atoms. The number of ether oxygens (including phenoxy) is 1. The fraction of sp³-hybridized carbons (Fsp3) is 0.409. The predicted octanol–water partition coefficient (Wildman–Crippen LogP) is 4.37. The largest absolute Gasteiger partial charge is 0.460 e. The third-order valence-electron chi connectivity index (χ3n) is 4.19. The molecule has 3 nitrogen and oxygen atoms in total. The molecule has 1 N–H and O–H groups in total. The minimum Gasteiger partial charge on any atom is -0.460 e. The minimum atomic E-state index is -0.261. The molecular formula is C22H29NO2. The van der Waals surface area contributed by atoms with Gasteiger partial charge in [0.1, 0.15) is 12.6 Å². The molecular weight excluding hydrogens is 310 g/mol. The second kappa shape index (κ2) is 10.7. The first-order valence-corrected chi connectivity index (χ1v) is 9.13. The number of carbonyl (C=O) groups is 1. The van der Waals surface area contributed by atoms with Crippen LogP contribution in [0, 0.1) is 5.92 Å². The van der Waals surface area contributed by atoms with E-state index >= 15 is 0 Å². The van der Waals surface area contributed by atoms with E-state index < -0.39 is 0 Å². The molecule has 0 saturated heterocycles. The molecule has 0 aromatic heterocycles. The standard InChI is InChI=1S/C22H29NO2/c1-18(2)15-16-23-21(14-13-19-9-5-3-6-10-19)22(24)25-17-20-11-7-4-8-12-20/h3-12,18,21,23H,13-17H2,1-2H3. The first kappa shape index (κ1) is 19.2. The van der Waals surface area contributed by atoms with Gasteiger partial charge in [-0.1, -0.05) is 74.5 Å². The van der Waals surface area contributed by atoms with Gasteiger partial charge in [0.2, 0.25) is 0 Å². The molecule has 2 aromatic carbocycles. The van der Waals surface area contributed by atoms with Crippen LogP contribution < -0.4 is 5.32 Å². The summed E-state index contributed by atoms with van der Waals surface area (Å²) in [7, 11) is 0. The smallest absolute Gasteiger partial charge is 0.323 e. The Morgan fingerprint density at radius 1 is 0.920 bits per heavy atom. The molecule has 0 amide bonds. The Balaban J connectivity index is 1.88. The number of aryl methyl sites for hydroxylation is 1. The monoisotopic (exact) mass is 339 g/mol. The van der Waals surface area contributed by atoms with Crippen molar-refractivity contribution in [2.24, 2.45) is 5.92 Å². The maximum atomic E-state index is 12.5. The van der Waals surface area contributed by atoms with Crippen molar-refractivity contribution >= 4 is 5.97 Å². The van der Waals surface area contributed by atoms with Gasteiger partial charge in [-0.25, -0.2) is 0 Å². The molecule has 0 aliphatic carbocycles. The summed E-state index contributed by atoms with van der Waals surface area (Å²) >= 11 is 0. The Hall–Kier alpha value is -2.13. The molecule has 2 aromatic rings. The second-order valence-corrected chi connectivity index (χ2v) is 6.81. The highest BCUT2D eigenvalue weighted by atomic mass is 16.5. The Morgan fingerprint density at radius 2 is 1.52 bits per heavy atom. The summed E-state index contributed by atoms with van der Waals surface area (Å²) in [4.78, 5) is 12.5. The van der Waals surface area contributed by atoms with Gasteiger partial charge in [-0.3, -0.25) is 4.79 Å². The van der Waals surface area contributed by atoms with Crippen molar-refractivity contribution in [1.82, 2.24) is 5.32 Å². The van der Waals surface area contributed by atoms with Gasteiger partial charge in [0.25, 0.3) is 0 Å². The molecule has 0 heterocycles. The molecule has 25 heavy (non-hydrogen) atoms. The fourth-order valence-corrected chi connectivity index (χ4v) is 2.63. The zero-order valence-corrected chi connectivity index (χ0v) is 15.3. The molecule has 2 rings (SSSR count). The van der Waals surface area contributed by atoms with Crippen LogP contribution in [-0.2, 0) is 22.6 Å². The molecule has 1 atom stereocenters. The van der Waals surface area contributed by atoms with Crippen LogP contribution in [0.15, 0.2) is 60.7 Å². The van der Waals surface area contributed by atoms with Crippen LogP contribution in [0.25, 0.3) is 0 Å². The maximum Gasteiger partial charge on any atom is 0.323 e. The predicted molar refractivity (Wildman–Crippen MR) is 102 cm³/mol. The van der Waals surface area contributed by atoms with Crippen molar-refractivity contribution in [3.8, 4) is 0 Å². The number of esters is 1. The van der Waals surface area contributed by atoms with Gasteiger partial charge in [-0.05, 0) is 42.9 Å². The van der Waals surface area contributed by atoms with E-state index in [0.717, 1.165) is 31.4 Å². The quantitative estimate of drug-likeness (QED) is 0.653. The zero-order valence-electron chi connectivity index (χ0n) is 15.3. The minimum absolute atomic E-state index is 0.163. The summed E-state index contributed by atoms with van der Waals surface area (Å²) in [5.74, 6) is 0.450. The number of hydrogen-bond acceptors (Lipinski definition) is 3. The van der Waals surface area contributed by atoms with Crippen LogP contribution in [0.3, 0.4) is 0 Å². The van der Waals surface area contributed by atoms with E-state index in [1.165, 1.54) is 5.56 Å². The van der Waals surface area contributed by atoms with E-state index in [4.69, 9.17) is 4.74 Å². The van der Waals surface area contributed by atoms with Crippen LogP contribution in [-0.4, -0.2) is 18.6 Å². The number of nitrogens with one attached hydrogen (secondary N) is 1. The lowest BCUT2D eigenvalue weighted by atomic mass is 10.0. The average molecular weight is 339 g/mol. The van der Waals surface area contributed by atoms with Crippen molar-refractivity contribution in [2.45, 2.75) is 45.8 Å². The van der Waals surface area contributed by atoms with Crippen molar-refractivity contribution in [3.63, 3.8) is 0 Å². The van der Waals surface area contributed by atoms with Crippen LogP contribution >= 0.6 is 0 Å². The first-order chi connectivity index (χ1) is 12.1. The molecule has 0 aliphatic rings. The van der Waals surface area contributed by atoms with E-state index in [1.54, 1.807) is 0 Å². The molecule has 134 valence electrons. The lowest BCUT2D eigenvalue weighted by Gasteiger charge is -2.18. The van der Waals surface area contributed by atoms with Gasteiger partial charge in [0, 0.05) is 0 Å². The van der Waals surface area contributed by atoms with Gasteiger partial charge in [0.15, 0.2) is 0 Å². The Kier molecular flexibility index (Phi) is 8.20. The van der Waals surface area contributed by atoms with Gasteiger partial charge in [0.05, 0.1) is 0 Å². The van der Waals surface area contributed by atoms with Crippen molar-refractivity contribution in [3.05, 3.63) is 71.8 Å². The van der Waals surface area contributed by atoms with E-state index in [0.29, 0.717) is 12.5 Å². The molecule has 1 unspecified atom stereocenters.